The molecule has 0 aliphatic carbocycles. The predicted octanol–water partition coefficient (Wildman–Crippen LogP) is -0.253. The van der Waals surface area contributed by atoms with E-state index in [4.69, 9.17) is 20.4 Å². The first kappa shape index (κ1) is 15.3. The smallest absolute Gasteiger partial charge is 0.0770 e. The van der Waals surface area contributed by atoms with E-state index in [2.05, 4.69) is 0 Å². The van der Waals surface area contributed by atoms with Gasteiger partial charge >= 0.3 is 0 Å². The van der Waals surface area contributed by atoms with Crippen LogP contribution in [0.2, 0.25) is 0 Å². The SMILES string of the molecule is CC(CO)CO.CCCC(O)CO. The summed E-state index contributed by atoms with van der Waals surface area (Å²) in [5, 5.41) is 33.2. The van der Waals surface area contributed by atoms with E-state index in [1.807, 2.05) is 6.92 Å². The molecule has 0 fully saturated rings. The standard InChI is InChI=1S/C5H12O2.C4H10O2/c1-2-3-5(7)4-6;1-4(2-5)3-6/h5-7H,2-4H2,1H3;4-6H,2-3H2,1H3. The highest BCUT2D eigenvalue weighted by atomic mass is 16.3. The van der Waals surface area contributed by atoms with Gasteiger partial charge in [0, 0.05) is 19.1 Å². The van der Waals surface area contributed by atoms with Gasteiger partial charge in [-0.15, -0.1) is 0 Å². The van der Waals surface area contributed by atoms with Gasteiger partial charge in [-0.1, -0.05) is 20.3 Å². The summed E-state index contributed by atoms with van der Waals surface area (Å²) in [6.07, 6.45) is 1.14. The number of hydrogen-bond acceptors (Lipinski definition) is 4. The van der Waals surface area contributed by atoms with E-state index in [0.29, 0.717) is 6.42 Å². The zero-order valence-corrected chi connectivity index (χ0v) is 8.48. The van der Waals surface area contributed by atoms with Crippen molar-refractivity contribution in [1.29, 1.82) is 0 Å². The van der Waals surface area contributed by atoms with Crippen molar-refractivity contribution in [2.24, 2.45) is 5.92 Å². The van der Waals surface area contributed by atoms with Crippen LogP contribution in [0.1, 0.15) is 26.7 Å². The maximum Gasteiger partial charge on any atom is 0.0770 e. The van der Waals surface area contributed by atoms with Crippen molar-refractivity contribution in [3.05, 3.63) is 0 Å². The molecule has 0 aromatic rings. The first-order valence-electron chi connectivity index (χ1n) is 4.62. The fourth-order valence-corrected chi connectivity index (χ4v) is 0.482. The van der Waals surface area contributed by atoms with Crippen molar-refractivity contribution in [2.75, 3.05) is 19.8 Å². The summed E-state index contributed by atoms with van der Waals surface area (Å²) in [4.78, 5) is 0. The number of aliphatic hydroxyl groups is 4. The Bertz CT molecular complexity index is 83.7. The van der Waals surface area contributed by atoms with E-state index in [-0.39, 0.29) is 25.7 Å². The summed E-state index contributed by atoms with van der Waals surface area (Å²) < 4.78 is 0. The van der Waals surface area contributed by atoms with E-state index in [0.717, 1.165) is 6.42 Å². The molecule has 4 N–H and O–H groups in total. The highest BCUT2D eigenvalue weighted by molar-refractivity contribution is 4.48. The van der Waals surface area contributed by atoms with Gasteiger partial charge in [-0.2, -0.15) is 0 Å². The molecule has 0 radical (unpaired) electrons. The molecular formula is C9H22O4. The summed E-state index contributed by atoms with van der Waals surface area (Å²) in [5.74, 6) is 0.0463. The quantitative estimate of drug-likeness (QED) is 0.486. The third kappa shape index (κ3) is 14.7. The van der Waals surface area contributed by atoms with Gasteiger partial charge in [0.05, 0.1) is 12.7 Å². The lowest BCUT2D eigenvalue weighted by Crippen LogP contribution is -2.10. The van der Waals surface area contributed by atoms with Gasteiger partial charge in [-0.05, 0) is 6.42 Å². The van der Waals surface area contributed by atoms with Crippen LogP contribution in [0.15, 0.2) is 0 Å². The third-order valence-electron chi connectivity index (χ3n) is 1.46. The largest absolute Gasteiger partial charge is 0.396 e. The van der Waals surface area contributed by atoms with Gasteiger partial charge < -0.3 is 20.4 Å². The summed E-state index contributed by atoms with van der Waals surface area (Å²) in [6.45, 7) is 3.81. The van der Waals surface area contributed by atoms with E-state index in [9.17, 15) is 0 Å². The van der Waals surface area contributed by atoms with Gasteiger partial charge in [0.15, 0.2) is 0 Å². The number of aliphatic hydroxyl groups excluding tert-OH is 4. The van der Waals surface area contributed by atoms with Crippen LogP contribution >= 0.6 is 0 Å². The molecule has 0 saturated heterocycles. The van der Waals surface area contributed by atoms with Crippen LogP contribution in [0.3, 0.4) is 0 Å². The van der Waals surface area contributed by atoms with Gasteiger partial charge in [-0.3, -0.25) is 0 Å². The Hall–Kier alpha value is -0.160. The van der Waals surface area contributed by atoms with Crippen LogP contribution in [0.4, 0.5) is 0 Å². The zero-order chi connectivity index (χ0) is 10.7. The second-order valence-electron chi connectivity index (χ2n) is 3.10. The van der Waals surface area contributed by atoms with E-state index in [1.54, 1.807) is 6.92 Å². The van der Waals surface area contributed by atoms with Crippen molar-refractivity contribution < 1.29 is 20.4 Å². The molecule has 1 unspecified atom stereocenters. The van der Waals surface area contributed by atoms with Crippen LogP contribution in [-0.2, 0) is 0 Å². The molecular weight excluding hydrogens is 172 g/mol. The Morgan fingerprint density at radius 3 is 1.54 bits per heavy atom. The first-order chi connectivity index (χ1) is 6.12. The van der Waals surface area contributed by atoms with Gasteiger partial charge in [0.25, 0.3) is 0 Å². The molecule has 0 heterocycles. The minimum Gasteiger partial charge on any atom is -0.396 e. The van der Waals surface area contributed by atoms with Gasteiger partial charge in [-0.25, -0.2) is 0 Å². The second-order valence-corrected chi connectivity index (χ2v) is 3.10. The summed E-state index contributed by atoms with van der Waals surface area (Å²) in [6, 6.07) is 0. The maximum absolute atomic E-state index is 8.61. The van der Waals surface area contributed by atoms with Crippen LogP contribution in [-0.4, -0.2) is 46.4 Å². The molecule has 0 aliphatic rings. The normalized spacial score (nSPS) is 12.2. The van der Waals surface area contributed by atoms with Crippen molar-refractivity contribution in [1.82, 2.24) is 0 Å². The molecule has 0 amide bonds. The number of hydrogen-bond donors (Lipinski definition) is 4. The molecule has 0 aliphatic heterocycles. The molecule has 0 saturated carbocycles. The fourth-order valence-electron chi connectivity index (χ4n) is 0.482. The summed E-state index contributed by atoms with van der Waals surface area (Å²) >= 11 is 0. The van der Waals surface area contributed by atoms with Crippen LogP contribution < -0.4 is 0 Å². The lowest BCUT2D eigenvalue weighted by molar-refractivity contribution is 0.0877. The van der Waals surface area contributed by atoms with Crippen molar-refractivity contribution >= 4 is 0 Å². The third-order valence-corrected chi connectivity index (χ3v) is 1.46. The topological polar surface area (TPSA) is 80.9 Å². The monoisotopic (exact) mass is 194 g/mol. The average molecular weight is 194 g/mol. The van der Waals surface area contributed by atoms with E-state index >= 15 is 0 Å². The van der Waals surface area contributed by atoms with Crippen molar-refractivity contribution in [3.63, 3.8) is 0 Å². The number of rotatable bonds is 5. The molecule has 1 atom stereocenters. The van der Waals surface area contributed by atoms with Crippen LogP contribution in [0.5, 0.6) is 0 Å². The molecule has 0 aromatic heterocycles. The Balaban J connectivity index is 0. The minimum absolute atomic E-state index is 0.0463. The Morgan fingerprint density at radius 2 is 1.46 bits per heavy atom. The van der Waals surface area contributed by atoms with Crippen LogP contribution in [0.25, 0.3) is 0 Å². The summed E-state index contributed by atoms with van der Waals surface area (Å²) in [5.41, 5.74) is 0. The highest BCUT2D eigenvalue weighted by Crippen LogP contribution is 1.92. The fraction of sp³-hybridized carbons (Fsp3) is 1.00. The van der Waals surface area contributed by atoms with Crippen molar-refractivity contribution in [2.45, 2.75) is 32.8 Å². The zero-order valence-electron chi connectivity index (χ0n) is 8.48. The molecule has 0 aromatic carbocycles. The van der Waals surface area contributed by atoms with Gasteiger partial charge in [0.2, 0.25) is 0 Å². The Kier molecular flexibility index (Phi) is 14.0. The molecule has 4 heteroatoms. The van der Waals surface area contributed by atoms with Crippen LogP contribution in [0, 0.1) is 5.92 Å². The molecule has 0 spiro atoms. The molecule has 0 rings (SSSR count). The Labute approximate surface area is 79.8 Å². The van der Waals surface area contributed by atoms with E-state index in [1.165, 1.54) is 0 Å². The first-order valence-corrected chi connectivity index (χ1v) is 4.62. The molecule has 4 nitrogen and oxygen atoms in total. The molecule has 82 valence electrons. The molecule has 13 heavy (non-hydrogen) atoms. The van der Waals surface area contributed by atoms with Gasteiger partial charge in [0.1, 0.15) is 0 Å². The van der Waals surface area contributed by atoms with E-state index < -0.39 is 6.10 Å². The lowest BCUT2D eigenvalue weighted by Gasteiger charge is -2.01. The predicted molar refractivity (Wildman–Crippen MR) is 51.3 cm³/mol. The summed E-state index contributed by atoms with van der Waals surface area (Å²) in [7, 11) is 0. The minimum atomic E-state index is -0.495. The van der Waals surface area contributed by atoms with Crippen molar-refractivity contribution in [3.8, 4) is 0 Å². The lowest BCUT2D eigenvalue weighted by atomic mass is 10.2. The highest BCUT2D eigenvalue weighted by Gasteiger charge is 1.96. The Morgan fingerprint density at radius 1 is 1.00 bits per heavy atom. The molecule has 0 bridgehead atoms. The maximum atomic E-state index is 8.61. The second kappa shape index (κ2) is 11.8. The average Bonchev–Trinajstić information content (AvgIpc) is 2.18.